The van der Waals surface area contributed by atoms with E-state index >= 15 is 0 Å². The highest BCUT2D eigenvalue weighted by molar-refractivity contribution is 5.66. The summed E-state index contributed by atoms with van der Waals surface area (Å²) >= 11 is 0. The van der Waals surface area contributed by atoms with Gasteiger partial charge in [0, 0.05) is 12.6 Å². The molecule has 0 unspecified atom stereocenters. The molecule has 0 saturated heterocycles. The van der Waals surface area contributed by atoms with Crippen molar-refractivity contribution in [2.45, 2.75) is 25.7 Å². The second-order valence-corrected chi connectivity index (χ2v) is 2.71. The Hall–Kier alpha value is -1.32. The maximum Gasteiger partial charge on any atom is 0.303 e. The maximum atomic E-state index is 10.1. The minimum absolute atomic E-state index is 0.262. The third kappa shape index (κ3) is 3.18. The lowest BCUT2D eigenvalue weighted by atomic mass is 10.1. The van der Waals surface area contributed by atoms with Crippen molar-refractivity contribution >= 4 is 5.97 Å². The number of nitrogens with one attached hydrogen (secondary N) is 1. The van der Waals surface area contributed by atoms with Crippen molar-refractivity contribution in [3.63, 3.8) is 0 Å². The average Bonchev–Trinajstić information content (AvgIpc) is 2.49. The average molecular weight is 168 g/mol. The van der Waals surface area contributed by atoms with Crippen LogP contribution < -0.4 is 0 Å². The highest BCUT2D eigenvalue weighted by Crippen LogP contribution is 2.03. The molecule has 0 radical (unpaired) electrons. The molecule has 0 saturated carbocycles. The van der Waals surface area contributed by atoms with Crippen molar-refractivity contribution in [2.24, 2.45) is 0 Å². The van der Waals surface area contributed by atoms with Gasteiger partial charge >= 0.3 is 5.97 Å². The van der Waals surface area contributed by atoms with Crippen molar-refractivity contribution in [2.75, 3.05) is 0 Å². The van der Waals surface area contributed by atoms with Gasteiger partial charge in [0.1, 0.15) is 0 Å². The molecule has 1 aromatic heterocycles. The molecule has 2 N–H and O–H groups in total. The number of carbonyl (C=O) groups is 1. The first kappa shape index (κ1) is 8.77. The third-order valence-corrected chi connectivity index (χ3v) is 1.66. The number of hydrogen-bond donors (Lipinski definition) is 2. The summed E-state index contributed by atoms with van der Waals surface area (Å²) in [6.45, 7) is 0. The van der Waals surface area contributed by atoms with Crippen LogP contribution in [-0.4, -0.2) is 21.3 Å². The van der Waals surface area contributed by atoms with Crippen LogP contribution in [0.15, 0.2) is 12.4 Å². The van der Waals surface area contributed by atoms with Crippen LogP contribution in [0.25, 0.3) is 0 Å². The zero-order valence-corrected chi connectivity index (χ0v) is 6.79. The molecule has 1 aromatic rings. The Morgan fingerprint density at radius 3 is 3.00 bits per heavy atom. The molecule has 0 spiro atoms. The summed E-state index contributed by atoms with van der Waals surface area (Å²) in [5.74, 6) is -0.720. The van der Waals surface area contributed by atoms with E-state index < -0.39 is 5.97 Å². The highest BCUT2D eigenvalue weighted by Gasteiger charge is 1.97. The van der Waals surface area contributed by atoms with Gasteiger partial charge in [0.25, 0.3) is 0 Å². The molecule has 0 aromatic carbocycles. The van der Waals surface area contributed by atoms with E-state index in [9.17, 15) is 4.79 Å². The lowest BCUT2D eigenvalue weighted by Crippen LogP contribution is -1.94. The van der Waals surface area contributed by atoms with Crippen LogP contribution in [0.4, 0.5) is 0 Å². The molecule has 0 atom stereocenters. The van der Waals surface area contributed by atoms with Crippen molar-refractivity contribution in [1.82, 2.24) is 10.2 Å². The van der Waals surface area contributed by atoms with Gasteiger partial charge in [-0.1, -0.05) is 0 Å². The maximum absolute atomic E-state index is 10.1. The fraction of sp³-hybridized carbons (Fsp3) is 0.500. The van der Waals surface area contributed by atoms with Gasteiger partial charge in [-0.05, 0) is 24.8 Å². The zero-order chi connectivity index (χ0) is 8.81. The van der Waals surface area contributed by atoms with Crippen molar-refractivity contribution in [1.29, 1.82) is 0 Å². The summed E-state index contributed by atoms with van der Waals surface area (Å²) in [5, 5.41) is 14.9. The number of rotatable bonds is 5. The first-order chi connectivity index (χ1) is 5.79. The van der Waals surface area contributed by atoms with Crippen LogP contribution in [0.2, 0.25) is 0 Å². The van der Waals surface area contributed by atoms with Gasteiger partial charge in [-0.3, -0.25) is 9.89 Å². The molecule has 0 aliphatic carbocycles. The Kier molecular flexibility index (Phi) is 3.32. The molecule has 0 aliphatic heterocycles. The van der Waals surface area contributed by atoms with E-state index in [-0.39, 0.29) is 6.42 Å². The van der Waals surface area contributed by atoms with Gasteiger partial charge < -0.3 is 5.11 Å². The third-order valence-electron chi connectivity index (χ3n) is 1.66. The van der Waals surface area contributed by atoms with E-state index in [1.165, 1.54) is 0 Å². The normalized spacial score (nSPS) is 10.0. The first-order valence-corrected chi connectivity index (χ1v) is 3.98. The van der Waals surface area contributed by atoms with E-state index in [1.54, 1.807) is 6.20 Å². The lowest BCUT2D eigenvalue weighted by molar-refractivity contribution is -0.137. The predicted octanol–water partition coefficient (Wildman–Crippen LogP) is 1.21. The van der Waals surface area contributed by atoms with Gasteiger partial charge in [0.05, 0.1) is 6.20 Å². The number of aliphatic carboxylic acids is 1. The molecule has 66 valence electrons. The molecule has 1 heterocycles. The van der Waals surface area contributed by atoms with E-state index in [4.69, 9.17) is 5.11 Å². The zero-order valence-electron chi connectivity index (χ0n) is 6.79. The van der Waals surface area contributed by atoms with Gasteiger partial charge in [0.15, 0.2) is 0 Å². The number of carboxylic acids is 1. The number of hydrogen-bond acceptors (Lipinski definition) is 2. The monoisotopic (exact) mass is 168 g/mol. The summed E-state index contributed by atoms with van der Waals surface area (Å²) in [7, 11) is 0. The lowest BCUT2D eigenvalue weighted by Gasteiger charge is -1.94. The molecule has 0 aliphatic rings. The van der Waals surface area contributed by atoms with Gasteiger partial charge in [0.2, 0.25) is 0 Å². The van der Waals surface area contributed by atoms with Crippen LogP contribution in [0.3, 0.4) is 0 Å². The predicted molar refractivity (Wildman–Crippen MR) is 43.8 cm³/mol. The minimum Gasteiger partial charge on any atom is -0.481 e. The van der Waals surface area contributed by atoms with Crippen molar-refractivity contribution in [3.8, 4) is 0 Å². The van der Waals surface area contributed by atoms with E-state index in [0.29, 0.717) is 0 Å². The van der Waals surface area contributed by atoms with Crippen molar-refractivity contribution in [3.05, 3.63) is 18.0 Å². The topological polar surface area (TPSA) is 66.0 Å². The quantitative estimate of drug-likeness (QED) is 0.649. The number of aromatic nitrogens is 2. The fourth-order valence-electron chi connectivity index (χ4n) is 1.02. The number of unbranched alkanes of at least 4 members (excludes halogenated alkanes) is 1. The Labute approximate surface area is 70.6 Å². The summed E-state index contributed by atoms with van der Waals surface area (Å²) < 4.78 is 0. The van der Waals surface area contributed by atoms with Crippen LogP contribution in [0.5, 0.6) is 0 Å². The Bertz CT molecular complexity index is 231. The van der Waals surface area contributed by atoms with E-state index in [0.717, 1.165) is 24.8 Å². The Balaban J connectivity index is 2.07. The molecule has 0 amide bonds. The SMILES string of the molecule is O=C(O)CCCCc1cn[nH]c1. The van der Waals surface area contributed by atoms with Crippen LogP contribution >= 0.6 is 0 Å². The molecular formula is C8H12N2O2. The summed E-state index contributed by atoms with van der Waals surface area (Å²) in [6.07, 6.45) is 6.41. The van der Waals surface area contributed by atoms with Crippen LogP contribution in [0, 0.1) is 0 Å². The molecule has 4 nitrogen and oxygen atoms in total. The van der Waals surface area contributed by atoms with Crippen molar-refractivity contribution < 1.29 is 9.90 Å². The van der Waals surface area contributed by atoms with Gasteiger partial charge in [-0.15, -0.1) is 0 Å². The number of nitrogens with zero attached hydrogens (tertiary/aromatic N) is 1. The van der Waals surface area contributed by atoms with E-state index in [1.807, 2.05) is 6.20 Å². The molecular weight excluding hydrogens is 156 g/mol. The number of H-pyrrole nitrogens is 1. The molecule has 0 bridgehead atoms. The Morgan fingerprint density at radius 1 is 1.58 bits per heavy atom. The van der Waals surface area contributed by atoms with Gasteiger partial charge in [-0.2, -0.15) is 5.10 Å². The summed E-state index contributed by atoms with van der Waals surface area (Å²) in [4.78, 5) is 10.1. The minimum atomic E-state index is -0.720. The summed E-state index contributed by atoms with van der Waals surface area (Å²) in [6, 6.07) is 0. The molecule has 1 rings (SSSR count). The Morgan fingerprint density at radius 2 is 2.42 bits per heavy atom. The first-order valence-electron chi connectivity index (χ1n) is 3.98. The van der Waals surface area contributed by atoms with Crippen LogP contribution in [-0.2, 0) is 11.2 Å². The number of carboxylic acid groups (broad SMARTS) is 1. The highest BCUT2D eigenvalue weighted by atomic mass is 16.4. The van der Waals surface area contributed by atoms with E-state index in [2.05, 4.69) is 10.2 Å². The van der Waals surface area contributed by atoms with Gasteiger partial charge in [-0.25, -0.2) is 0 Å². The molecule has 12 heavy (non-hydrogen) atoms. The largest absolute Gasteiger partial charge is 0.481 e. The number of aromatic amines is 1. The molecule has 4 heteroatoms. The van der Waals surface area contributed by atoms with Crippen LogP contribution in [0.1, 0.15) is 24.8 Å². The summed E-state index contributed by atoms with van der Waals surface area (Å²) in [5.41, 5.74) is 1.14. The fourth-order valence-corrected chi connectivity index (χ4v) is 1.02. The molecule has 0 fully saturated rings. The second kappa shape index (κ2) is 4.54. The number of aryl methyl sites for hydroxylation is 1. The smallest absolute Gasteiger partial charge is 0.303 e. The second-order valence-electron chi connectivity index (χ2n) is 2.71. The standard InChI is InChI=1S/C8H12N2O2/c11-8(12)4-2-1-3-7-5-9-10-6-7/h5-6H,1-4H2,(H,9,10)(H,11,12).